The Labute approximate surface area is 110 Å². The van der Waals surface area contributed by atoms with Gasteiger partial charge in [-0.15, -0.1) is 11.3 Å². The second-order valence-corrected chi connectivity index (χ2v) is 5.19. The van der Waals surface area contributed by atoms with Crippen LogP contribution in [-0.4, -0.2) is 10.9 Å². The van der Waals surface area contributed by atoms with Crippen LogP contribution in [0.4, 0.5) is 4.39 Å². The SMILES string of the molecule is O=C(NCc1cc(Br)cs1)c1ccnc(F)c1. The number of aromatic nitrogens is 1. The van der Waals surface area contributed by atoms with Crippen molar-refractivity contribution in [1.29, 1.82) is 0 Å². The highest BCUT2D eigenvalue weighted by molar-refractivity contribution is 9.10. The Morgan fingerprint density at radius 2 is 2.35 bits per heavy atom. The maximum Gasteiger partial charge on any atom is 0.251 e. The molecule has 0 saturated heterocycles. The average molecular weight is 315 g/mol. The summed E-state index contributed by atoms with van der Waals surface area (Å²) < 4.78 is 13.8. The average Bonchev–Trinajstić information content (AvgIpc) is 2.72. The van der Waals surface area contributed by atoms with Crippen LogP contribution in [-0.2, 0) is 6.54 Å². The van der Waals surface area contributed by atoms with E-state index in [4.69, 9.17) is 0 Å². The second-order valence-electron chi connectivity index (χ2n) is 3.28. The first-order chi connectivity index (χ1) is 8.15. The first-order valence-corrected chi connectivity index (χ1v) is 6.45. The molecule has 17 heavy (non-hydrogen) atoms. The minimum Gasteiger partial charge on any atom is -0.347 e. The molecule has 1 N–H and O–H groups in total. The third kappa shape index (κ3) is 3.34. The molecule has 0 aliphatic heterocycles. The molecule has 0 atom stereocenters. The van der Waals surface area contributed by atoms with Crippen LogP contribution in [0.3, 0.4) is 0 Å². The molecule has 1 amide bonds. The highest BCUT2D eigenvalue weighted by Gasteiger charge is 2.07. The number of amides is 1. The van der Waals surface area contributed by atoms with E-state index in [9.17, 15) is 9.18 Å². The molecule has 6 heteroatoms. The Hall–Kier alpha value is -1.27. The first kappa shape index (κ1) is 12.2. The van der Waals surface area contributed by atoms with Crippen LogP contribution in [0.5, 0.6) is 0 Å². The molecule has 0 bridgehead atoms. The van der Waals surface area contributed by atoms with E-state index in [1.807, 2.05) is 11.4 Å². The zero-order valence-corrected chi connectivity index (χ0v) is 11.0. The largest absolute Gasteiger partial charge is 0.347 e. The predicted octanol–water partition coefficient (Wildman–Crippen LogP) is 2.97. The van der Waals surface area contributed by atoms with Crippen LogP contribution in [0.2, 0.25) is 0 Å². The molecular formula is C11H8BrFN2OS. The topological polar surface area (TPSA) is 42.0 Å². The van der Waals surface area contributed by atoms with Gasteiger partial charge in [0.05, 0.1) is 6.54 Å². The maximum absolute atomic E-state index is 12.8. The molecule has 2 heterocycles. The van der Waals surface area contributed by atoms with E-state index in [-0.39, 0.29) is 11.5 Å². The summed E-state index contributed by atoms with van der Waals surface area (Å²) in [6.45, 7) is 0.430. The lowest BCUT2D eigenvalue weighted by Gasteiger charge is -2.03. The molecule has 0 unspecified atom stereocenters. The van der Waals surface area contributed by atoms with Crippen molar-refractivity contribution in [2.75, 3.05) is 0 Å². The Kier molecular flexibility index (Phi) is 3.86. The summed E-state index contributed by atoms with van der Waals surface area (Å²) in [6.07, 6.45) is 1.27. The Morgan fingerprint density at radius 1 is 1.53 bits per heavy atom. The van der Waals surface area contributed by atoms with Gasteiger partial charge in [0, 0.05) is 32.6 Å². The summed E-state index contributed by atoms with van der Waals surface area (Å²) in [5, 5.41) is 4.65. The van der Waals surface area contributed by atoms with Gasteiger partial charge in [-0.05, 0) is 28.1 Å². The van der Waals surface area contributed by atoms with E-state index >= 15 is 0 Å². The van der Waals surface area contributed by atoms with Crippen molar-refractivity contribution in [3.8, 4) is 0 Å². The van der Waals surface area contributed by atoms with Crippen LogP contribution in [0.25, 0.3) is 0 Å². The second kappa shape index (κ2) is 5.37. The quantitative estimate of drug-likeness (QED) is 0.885. The minimum atomic E-state index is -0.656. The monoisotopic (exact) mass is 314 g/mol. The normalized spacial score (nSPS) is 10.2. The number of nitrogens with one attached hydrogen (secondary N) is 1. The van der Waals surface area contributed by atoms with Gasteiger partial charge in [0.1, 0.15) is 0 Å². The summed E-state index contributed by atoms with van der Waals surface area (Å²) in [5.74, 6) is -0.965. The summed E-state index contributed by atoms with van der Waals surface area (Å²) in [4.78, 5) is 16.1. The molecule has 3 nitrogen and oxygen atoms in total. The van der Waals surface area contributed by atoms with Crippen molar-refractivity contribution in [3.63, 3.8) is 0 Å². The summed E-state index contributed by atoms with van der Waals surface area (Å²) in [6, 6.07) is 4.51. The molecule has 2 aromatic heterocycles. The van der Waals surface area contributed by atoms with Crippen LogP contribution in [0.1, 0.15) is 15.2 Å². The van der Waals surface area contributed by atoms with E-state index in [2.05, 4.69) is 26.2 Å². The van der Waals surface area contributed by atoms with Gasteiger partial charge < -0.3 is 5.32 Å². The lowest BCUT2D eigenvalue weighted by atomic mass is 10.2. The highest BCUT2D eigenvalue weighted by atomic mass is 79.9. The Morgan fingerprint density at radius 3 is 3.00 bits per heavy atom. The maximum atomic E-state index is 12.8. The van der Waals surface area contributed by atoms with E-state index in [0.29, 0.717) is 6.54 Å². The molecular weight excluding hydrogens is 307 g/mol. The Bertz CT molecular complexity index is 544. The third-order valence-electron chi connectivity index (χ3n) is 2.03. The number of nitrogens with zero attached hydrogens (tertiary/aromatic N) is 1. The number of thiophene rings is 1. The predicted molar refractivity (Wildman–Crippen MR) is 67.4 cm³/mol. The molecule has 0 radical (unpaired) electrons. The highest BCUT2D eigenvalue weighted by Crippen LogP contribution is 2.19. The molecule has 0 aliphatic carbocycles. The van der Waals surface area contributed by atoms with Crippen molar-refractivity contribution in [1.82, 2.24) is 10.3 Å². The summed E-state index contributed by atoms with van der Waals surface area (Å²) in [5.41, 5.74) is 0.271. The van der Waals surface area contributed by atoms with Crippen molar-refractivity contribution in [2.45, 2.75) is 6.54 Å². The zero-order chi connectivity index (χ0) is 12.3. The van der Waals surface area contributed by atoms with Gasteiger partial charge in [-0.1, -0.05) is 0 Å². The van der Waals surface area contributed by atoms with Crippen molar-refractivity contribution >= 4 is 33.2 Å². The number of carbonyl (C=O) groups excluding carboxylic acids is 1. The van der Waals surface area contributed by atoms with Gasteiger partial charge in [-0.3, -0.25) is 4.79 Å². The summed E-state index contributed by atoms with van der Waals surface area (Å²) in [7, 11) is 0. The number of halogens is 2. The fourth-order valence-corrected chi connectivity index (χ4v) is 2.65. The number of pyridine rings is 1. The molecule has 0 saturated carbocycles. The van der Waals surface area contributed by atoms with E-state index < -0.39 is 5.95 Å². The molecule has 2 rings (SSSR count). The molecule has 2 aromatic rings. The van der Waals surface area contributed by atoms with E-state index in [0.717, 1.165) is 15.4 Å². The molecule has 0 fully saturated rings. The molecule has 88 valence electrons. The van der Waals surface area contributed by atoms with Crippen LogP contribution >= 0.6 is 27.3 Å². The summed E-state index contributed by atoms with van der Waals surface area (Å²) >= 11 is 4.88. The smallest absolute Gasteiger partial charge is 0.251 e. The lowest BCUT2D eigenvalue weighted by molar-refractivity contribution is 0.0950. The molecule has 0 aliphatic rings. The minimum absolute atomic E-state index is 0.271. The van der Waals surface area contributed by atoms with Crippen LogP contribution < -0.4 is 5.32 Å². The van der Waals surface area contributed by atoms with Crippen LogP contribution in [0, 0.1) is 5.95 Å². The van der Waals surface area contributed by atoms with Gasteiger partial charge in [-0.25, -0.2) is 4.98 Å². The number of rotatable bonds is 3. The van der Waals surface area contributed by atoms with Gasteiger partial charge in [0.25, 0.3) is 5.91 Å². The third-order valence-corrected chi connectivity index (χ3v) is 3.73. The standard InChI is InChI=1S/C11H8BrFN2OS/c12-8-4-9(17-6-8)5-15-11(16)7-1-2-14-10(13)3-7/h1-4,6H,5H2,(H,15,16). The number of hydrogen-bond donors (Lipinski definition) is 1. The van der Waals surface area contributed by atoms with Crippen molar-refractivity contribution in [3.05, 3.63) is 50.6 Å². The molecule has 0 spiro atoms. The van der Waals surface area contributed by atoms with Gasteiger partial charge in [0.15, 0.2) is 0 Å². The number of hydrogen-bond acceptors (Lipinski definition) is 3. The van der Waals surface area contributed by atoms with Gasteiger partial charge in [-0.2, -0.15) is 4.39 Å². The zero-order valence-electron chi connectivity index (χ0n) is 8.61. The molecule has 0 aromatic carbocycles. The van der Waals surface area contributed by atoms with Crippen molar-refractivity contribution in [2.24, 2.45) is 0 Å². The van der Waals surface area contributed by atoms with Crippen LogP contribution in [0.15, 0.2) is 34.2 Å². The van der Waals surface area contributed by atoms with Gasteiger partial charge >= 0.3 is 0 Å². The van der Waals surface area contributed by atoms with E-state index in [1.165, 1.54) is 12.3 Å². The van der Waals surface area contributed by atoms with Gasteiger partial charge in [0.2, 0.25) is 5.95 Å². The lowest BCUT2D eigenvalue weighted by Crippen LogP contribution is -2.22. The first-order valence-electron chi connectivity index (χ1n) is 4.78. The van der Waals surface area contributed by atoms with Crippen molar-refractivity contribution < 1.29 is 9.18 Å². The van der Waals surface area contributed by atoms with E-state index in [1.54, 1.807) is 11.3 Å². The number of carbonyl (C=O) groups is 1. The fourth-order valence-electron chi connectivity index (χ4n) is 1.26. The Balaban J connectivity index is 1.98. The fraction of sp³-hybridized carbons (Fsp3) is 0.0909.